The summed E-state index contributed by atoms with van der Waals surface area (Å²) in [4.78, 5) is 37.4. The van der Waals surface area contributed by atoms with Gasteiger partial charge in [0.15, 0.2) is 0 Å². The Bertz CT molecular complexity index is 894. The number of hydrogen-bond donors (Lipinski definition) is 1. The van der Waals surface area contributed by atoms with Crippen molar-refractivity contribution in [3.05, 3.63) is 29.8 Å². The molecular formula is C22H31NO8S. The first-order valence-electron chi connectivity index (χ1n) is 10.7. The number of nitrogens with zero attached hydrogens (tertiary/aromatic N) is 1. The smallest absolute Gasteiger partial charge is 0.320 e. The van der Waals surface area contributed by atoms with Crippen LogP contribution in [0.2, 0.25) is 0 Å². The fourth-order valence-corrected chi connectivity index (χ4v) is 4.59. The fourth-order valence-electron chi connectivity index (χ4n) is 4.11. The molecule has 2 bridgehead atoms. The summed E-state index contributed by atoms with van der Waals surface area (Å²) >= 11 is 0. The molecule has 2 saturated heterocycles. The van der Waals surface area contributed by atoms with E-state index in [4.69, 9.17) is 14.0 Å². The second kappa shape index (κ2) is 11.5. The standard InChI is InChI=1S/C15H23NO5.C7H8O3S/c1-3-20-14(18)9-16-11-5-10(15(19)21-4-2)6-12(16)8-13(17)7-11;1-6-2-4-7(5-3-6)11(8,9)10/h10-12H,3-9H2,1-2H3;2-5H,1H3,(H,8,9,10). The van der Waals surface area contributed by atoms with Crippen LogP contribution in [0.3, 0.4) is 0 Å². The van der Waals surface area contributed by atoms with Gasteiger partial charge in [-0.25, -0.2) is 0 Å². The van der Waals surface area contributed by atoms with Crippen molar-refractivity contribution in [3.63, 3.8) is 0 Å². The van der Waals surface area contributed by atoms with Crippen LogP contribution in [-0.4, -0.2) is 67.4 Å². The van der Waals surface area contributed by atoms with Crippen molar-refractivity contribution < 1.29 is 36.8 Å². The summed E-state index contributed by atoms with van der Waals surface area (Å²) < 4.78 is 39.6. The van der Waals surface area contributed by atoms with Gasteiger partial charge in [0, 0.05) is 24.9 Å². The van der Waals surface area contributed by atoms with Gasteiger partial charge in [0.1, 0.15) is 5.78 Å². The quantitative estimate of drug-likeness (QED) is 0.492. The first kappa shape index (κ1) is 26.0. The van der Waals surface area contributed by atoms with Gasteiger partial charge >= 0.3 is 11.9 Å². The van der Waals surface area contributed by atoms with Crippen LogP contribution < -0.4 is 0 Å². The lowest BCUT2D eigenvalue weighted by molar-refractivity contribution is -0.157. The minimum absolute atomic E-state index is 0.0520. The molecule has 2 aliphatic rings. The van der Waals surface area contributed by atoms with E-state index < -0.39 is 10.1 Å². The maximum absolute atomic E-state index is 11.9. The number of Topliss-reactive ketones (excluding diaryl/α,β-unsaturated/α-hetero) is 1. The minimum Gasteiger partial charge on any atom is -0.466 e. The molecule has 2 unspecified atom stereocenters. The molecule has 32 heavy (non-hydrogen) atoms. The number of aryl methyl sites for hydroxylation is 1. The van der Waals surface area contributed by atoms with E-state index in [1.807, 2.05) is 11.8 Å². The number of ketones is 1. The van der Waals surface area contributed by atoms with Crippen molar-refractivity contribution in [1.29, 1.82) is 0 Å². The Morgan fingerprint density at radius 2 is 1.56 bits per heavy atom. The predicted octanol–water partition coefficient (Wildman–Crippen LogP) is 2.17. The highest BCUT2D eigenvalue weighted by Crippen LogP contribution is 2.36. The normalized spacial score (nSPS) is 23.0. The molecule has 0 saturated carbocycles. The van der Waals surface area contributed by atoms with Crippen LogP contribution in [0, 0.1) is 12.8 Å². The third-order valence-electron chi connectivity index (χ3n) is 5.53. The predicted molar refractivity (Wildman–Crippen MR) is 116 cm³/mol. The molecule has 0 radical (unpaired) electrons. The highest BCUT2D eigenvalue weighted by atomic mass is 32.2. The Morgan fingerprint density at radius 3 is 2.03 bits per heavy atom. The van der Waals surface area contributed by atoms with Gasteiger partial charge in [-0.1, -0.05) is 17.7 Å². The Labute approximate surface area is 188 Å². The number of ether oxygens (including phenoxy) is 2. The number of carbonyl (C=O) groups excluding carboxylic acids is 3. The lowest BCUT2D eigenvalue weighted by Crippen LogP contribution is -2.57. The Morgan fingerprint density at radius 1 is 1.03 bits per heavy atom. The van der Waals surface area contributed by atoms with Crippen molar-refractivity contribution in [1.82, 2.24) is 4.90 Å². The molecule has 0 spiro atoms. The van der Waals surface area contributed by atoms with E-state index in [1.165, 1.54) is 12.1 Å². The number of fused-ring (bicyclic) bond motifs is 2. The molecule has 2 heterocycles. The van der Waals surface area contributed by atoms with Gasteiger partial charge in [-0.3, -0.25) is 23.8 Å². The second-order valence-electron chi connectivity index (χ2n) is 7.94. The van der Waals surface area contributed by atoms with Gasteiger partial charge in [0.05, 0.1) is 30.6 Å². The van der Waals surface area contributed by atoms with Gasteiger partial charge in [-0.05, 0) is 45.7 Å². The number of rotatable bonds is 6. The average molecular weight is 470 g/mol. The molecule has 1 N–H and O–H groups in total. The number of piperidine rings is 2. The molecule has 10 heteroatoms. The van der Waals surface area contributed by atoms with Crippen molar-refractivity contribution in [2.24, 2.45) is 5.92 Å². The molecule has 0 aromatic heterocycles. The Hall–Kier alpha value is -2.30. The number of hydrogen-bond acceptors (Lipinski definition) is 8. The Kier molecular flexibility index (Phi) is 9.35. The molecule has 2 fully saturated rings. The van der Waals surface area contributed by atoms with Crippen molar-refractivity contribution in [3.8, 4) is 0 Å². The van der Waals surface area contributed by atoms with Crippen molar-refractivity contribution in [2.45, 2.75) is 63.4 Å². The average Bonchev–Trinajstić information content (AvgIpc) is 2.69. The topological polar surface area (TPSA) is 127 Å². The molecule has 0 aliphatic carbocycles. The van der Waals surface area contributed by atoms with E-state index in [0.29, 0.717) is 38.9 Å². The van der Waals surface area contributed by atoms with Gasteiger partial charge in [-0.2, -0.15) is 8.42 Å². The first-order chi connectivity index (χ1) is 15.0. The van der Waals surface area contributed by atoms with Crippen LogP contribution in [-0.2, 0) is 34.0 Å². The lowest BCUT2D eigenvalue weighted by atomic mass is 9.78. The zero-order valence-electron chi connectivity index (χ0n) is 18.7. The zero-order valence-corrected chi connectivity index (χ0v) is 19.5. The van der Waals surface area contributed by atoms with E-state index >= 15 is 0 Å². The molecular weight excluding hydrogens is 438 g/mol. The number of esters is 2. The van der Waals surface area contributed by atoms with E-state index in [1.54, 1.807) is 26.0 Å². The molecule has 2 atom stereocenters. The Balaban J connectivity index is 0.000000278. The minimum atomic E-state index is -4.02. The van der Waals surface area contributed by atoms with Crippen LogP contribution in [0.15, 0.2) is 29.2 Å². The SMILES string of the molecule is CCOC(=O)CN1C2CC(=O)CC1CC(C(=O)OCC)C2.Cc1ccc(S(=O)(=O)O)cc1. The second-order valence-corrected chi connectivity index (χ2v) is 9.36. The van der Waals surface area contributed by atoms with E-state index in [2.05, 4.69) is 0 Å². The van der Waals surface area contributed by atoms with Crippen LogP contribution in [0.4, 0.5) is 0 Å². The van der Waals surface area contributed by atoms with Crippen LogP contribution >= 0.6 is 0 Å². The van der Waals surface area contributed by atoms with Crippen LogP contribution in [0.5, 0.6) is 0 Å². The highest BCUT2D eigenvalue weighted by molar-refractivity contribution is 7.85. The summed E-state index contributed by atoms with van der Waals surface area (Å²) in [5, 5.41) is 0. The molecule has 9 nitrogen and oxygen atoms in total. The first-order valence-corrected chi connectivity index (χ1v) is 12.1. The van der Waals surface area contributed by atoms with E-state index in [0.717, 1.165) is 5.56 Å². The largest absolute Gasteiger partial charge is 0.466 e. The maximum Gasteiger partial charge on any atom is 0.320 e. The van der Waals surface area contributed by atoms with Crippen molar-refractivity contribution in [2.75, 3.05) is 19.8 Å². The van der Waals surface area contributed by atoms with Gasteiger partial charge in [0.25, 0.3) is 10.1 Å². The van der Waals surface area contributed by atoms with Crippen LogP contribution in [0.25, 0.3) is 0 Å². The fraction of sp³-hybridized carbons (Fsp3) is 0.591. The zero-order chi connectivity index (χ0) is 23.9. The maximum atomic E-state index is 11.9. The molecule has 3 rings (SSSR count). The highest BCUT2D eigenvalue weighted by Gasteiger charge is 2.44. The number of benzene rings is 1. The van der Waals surface area contributed by atoms with Crippen molar-refractivity contribution >= 4 is 27.8 Å². The molecule has 1 aromatic rings. The van der Waals surface area contributed by atoms with Gasteiger partial charge in [0.2, 0.25) is 0 Å². The number of carbonyl (C=O) groups is 3. The summed E-state index contributed by atoms with van der Waals surface area (Å²) in [5.41, 5.74) is 0.956. The molecule has 178 valence electrons. The molecule has 2 aliphatic heterocycles. The third-order valence-corrected chi connectivity index (χ3v) is 6.40. The monoisotopic (exact) mass is 469 g/mol. The van der Waals surface area contributed by atoms with Gasteiger partial charge < -0.3 is 9.47 Å². The van der Waals surface area contributed by atoms with E-state index in [9.17, 15) is 22.8 Å². The summed E-state index contributed by atoms with van der Waals surface area (Å²) in [6.45, 7) is 6.33. The summed E-state index contributed by atoms with van der Waals surface area (Å²) in [5.74, 6) is -0.395. The summed E-state index contributed by atoms with van der Waals surface area (Å²) in [6, 6.07) is 5.88. The lowest BCUT2D eigenvalue weighted by Gasteiger charge is -2.46. The summed E-state index contributed by atoms with van der Waals surface area (Å²) in [6.07, 6.45) is 1.98. The third kappa shape index (κ3) is 7.39. The van der Waals surface area contributed by atoms with Gasteiger partial charge in [-0.15, -0.1) is 0 Å². The van der Waals surface area contributed by atoms with E-state index in [-0.39, 0.29) is 47.2 Å². The summed E-state index contributed by atoms with van der Waals surface area (Å²) in [7, 11) is -4.02. The van der Waals surface area contributed by atoms with Crippen LogP contribution in [0.1, 0.15) is 45.1 Å². The molecule has 0 amide bonds. The molecule has 1 aromatic carbocycles.